The zero-order chi connectivity index (χ0) is 12.4. The normalized spacial score (nSPS) is 22.6. The molecule has 2 atom stereocenters. The van der Waals surface area contributed by atoms with Crippen LogP contribution in [0.25, 0.3) is 0 Å². The lowest BCUT2D eigenvalue weighted by Crippen LogP contribution is -2.33. The van der Waals surface area contributed by atoms with E-state index in [2.05, 4.69) is 5.32 Å². The van der Waals surface area contributed by atoms with Gasteiger partial charge in [0.15, 0.2) is 0 Å². The van der Waals surface area contributed by atoms with Crippen molar-refractivity contribution in [2.24, 2.45) is 5.92 Å². The summed E-state index contributed by atoms with van der Waals surface area (Å²) < 4.78 is 0. The van der Waals surface area contributed by atoms with Gasteiger partial charge in [0, 0.05) is 11.4 Å². The first-order valence-electron chi connectivity index (χ1n) is 5.32. The third kappa shape index (κ3) is 2.55. The molecule has 2 rings (SSSR count). The maximum atomic E-state index is 11.9. The Labute approximate surface area is 103 Å². The van der Waals surface area contributed by atoms with E-state index in [0.29, 0.717) is 12.0 Å². The number of carbonyl (C=O) groups excluding carboxylic acids is 1. The van der Waals surface area contributed by atoms with Crippen molar-refractivity contribution in [3.8, 4) is 0 Å². The van der Waals surface area contributed by atoms with E-state index in [1.807, 2.05) is 12.3 Å². The third-order valence-corrected chi connectivity index (χ3v) is 3.68. The number of amides is 1. The Hall–Kier alpha value is -1.62. The van der Waals surface area contributed by atoms with E-state index in [4.69, 9.17) is 5.11 Å². The Morgan fingerprint density at radius 1 is 1.41 bits per heavy atom. The summed E-state index contributed by atoms with van der Waals surface area (Å²) in [6, 6.07) is -0.178. The summed E-state index contributed by atoms with van der Waals surface area (Å²) in [6.07, 6.45) is 3.82. The van der Waals surface area contributed by atoms with Crippen molar-refractivity contribution in [2.45, 2.75) is 19.4 Å². The maximum absolute atomic E-state index is 11.9. The molecule has 0 saturated carbocycles. The molecule has 17 heavy (non-hydrogen) atoms. The minimum Gasteiger partial charge on any atom is -0.481 e. The molecule has 0 radical (unpaired) electrons. The van der Waals surface area contributed by atoms with Gasteiger partial charge < -0.3 is 10.4 Å². The number of rotatable bonds is 3. The van der Waals surface area contributed by atoms with Crippen molar-refractivity contribution >= 4 is 23.2 Å². The minimum atomic E-state index is -0.843. The van der Waals surface area contributed by atoms with Gasteiger partial charge in [-0.1, -0.05) is 12.2 Å². The van der Waals surface area contributed by atoms with Gasteiger partial charge in [0.05, 0.1) is 11.5 Å². The molecule has 0 saturated heterocycles. The number of hydrogen-bond acceptors (Lipinski definition) is 3. The molecule has 1 aliphatic rings. The van der Waals surface area contributed by atoms with Gasteiger partial charge in [-0.2, -0.15) is 11.3 Å². The zero-order valence-corrected chi connectivity index (χ0v) is 10.2. The molecule has 1 aliphatic carbocycles. The summed E-state index contributed by atoms with van der Waals surface area (Å²) in [4.78, 5) is 22.6. The first-order chi connectivity index (χ1) is 8.08. The molecular weight excluding hydrogens is 238 g/mol. The predicted octanol–water partition coefficient (Wildman–Crippen LogP) is 1.82. The van der Waals surface area contributed by atoms with Crippen molar-refractivity contribution in [3.05, 3.63) is 34.0 Å². The van der Waals surface area contributed by atoms with Gasteiger partial charge in [-0.15, -0.1) is 0 Å². The second-order valence-electron chi connectivity index (χ2n) is 4.11. The number of carbonyl (C=O) groups is 2. The van der Waals surface area contributed by atoms with Crippen LogP contribution >= 0.6 is 11.3 Å². The summed E-state index contributed by atoms with van der Waals surface area (Å²) in [5.74, 6) is -1.46. The van der Waals surface area contributed by atoms with Crippen LogP contribution in [0.2, 0.25) is 0 Å². The molecule has 1 amide bonds. The number of nitrogens with one attached hydrogen (secondary N) is 1. The molecule has 0 fully saturated rings. The number of carboxylic acids is 1. The lowest BCUT2D eigenvalue weighted by atomic mass is 10.1. The minimum absolute atomic E-state index is 0.135. The van der Waals surface area contributed by atoms with E-state index >= 15 is 0 Å². The molecule has 5 heteroatoms. The van der Waals surface area contributed by atoms with Crippen LogP contribution in [0.3, 0.4) is 0 Å². The zero-order valence-electron chi connectivity index (χ0n) is 9.34. The fourth-order valence-corrected chi connectivity index (χ4v) is 2.66. The molecule has 0 spiro atoms. The van der Waals surface area contributed by atoms with Gasteiger partial charge in [0.1, 0.15) is 0 Å². The number of thiophene rings is 1. The third-order valence-electron chi connectivity index (χ3n) is 2.82. The largest absolute Gasteiger partial charge is 0.481 e. The van der Waals surface area contributed by atoms with Gasteiger partial charge in [0.2, 0.25) is 0 Å². The Morgan fingerprint density at radius 3 is 2.71 bits per heavy atom. The van der Waals surface area contributed by atoms with E-state index in [-0.39, 0.29) is 11.9 Å². The molecule has 4 nitrogen and oxygen atoms in total. The molecule has 1 aromatic heterocycles. The highest BCUT2D eigenvalue weighted by Gasteiger charge is 2.25. The number of aliphatic carboxylic acids is 1. The lowest BCUT2D eigenvalue weighted by molar-refractivity contribution is -0.140. The average molecular weight is 251 g/mol. The Morgan fingerprint density at radius 2 is 2.18 bits per heavy atom. The van der Waals surface area contributed by atoms with Crippen molar-refractivity contribution in [1.82, 2.24) is 5.32 Å². The van der Waals surface area contributed by atoms with Gasteiger partial charge >= 0.3 is 5.97 Å². The first kappa shape index (κ1) is 11.9. The van der Waals surface area contributed by atoms with Gasteiger partial charge in [-0.05, 0) is 24.3 Å². The molecule has 0 bridgehead atoms. The fourth-order valence-electron chi connectivity index (χ4n) is 1.83. The summed E-state index contributed by atoms with van der Waals surface area (Å²) in [5.41, 5.74) is 1.62. The van der Waals surface area contributed by atoms with E-state index in [0.717, 1.165) is 5.56 Å². The van der Waals surface area contributed by atoms with Crippen LogP contribution in [0.1, 0.15) is 22.3 Å². The summed E-state index contributed by atoms with van der Waals surface area (Å²) >= 11 is 1.48. The van der Waals surface area contributed by atoms with Gasteiger partial charge in [0.25, 0.3) is 5.91 Å². The van der Waals surface area contributed by atoms with E-state index in [1.54, 1.807) is 17.5 Å². The van der Waals surface area contributed by atoms with Crippen molar-refractivity contribution in [3.63, 3.8) is 0 Å². The highest BCUT2D eigenvalue weighted by atomic mass is 32.1. The van der Waals surface area contributed by atoms with Gasteiger partial charge in [-0.3, -0.25) is 9.59 Å². The summed E-state index contributed by atoms with van der Waals surface area (Å²) in [6.45, 7) is 1.88. The molecule has 0 aliphatic heterocycles. The van der Waals surface area contributed by atoms with Crippen LogP contribution in [0.4, 0.5) is 0 Å². The molecule has 1 aromatic rings. The highest BCUT2D eigenvalue weighted by molar-refractivity contribution is 7.08. The van der Waals surface area contributed by atoms with Gasteiger partial charge in [-0.25, -0.2) is 0 Å². The average Bonchev–Trinajstić information content (AvgIpc) is 2.86. The van der Waals surface area contributed by atoms with E-state index < -0.39 is 11.9 Å². The van der Waals surface area contributed by atoms with E-state index in [1.165, 1.54) is 11.3 Å². The molecule has 1 heterocycles. The fraction of sp³-hybridized carbons (Fsp3) is 0.333. The predicted molar refractivity (Wildman–Crippen MR) is 65.2 cm³/mol. The number of hydrogen-bond donors (Lipinski definition) is 2. The molecular formula is C12H13NO3S. The summed E-state index contributed by atoms with van der Waals surface area (Å²) in [7, 11) is 0. The van der Waals surface area contributed by atoms with Crippen LogP contribution in [0.5, 0.6) is 0 Å². The molecule has 2 unspecified atom stereocenters. The quantitative estimate of drug-likeness (QED) is 0.805. The van der Waals surface area contributed by atoms with Crippen LogP contribution in [-0.2, 0) is 4.79 Å². The first-order valence-corrected chi connectivity index (χ1v) is 6.27. The number of aryl methyl sites for hydroxylation is 1. The van der Waals surface area contributed by atoms with Crippen molar-refractivity contribution in [1.29, 1.82) is 0 Å². The summed E-state index contributed by atoms with van der Waals surface area (Å²) in [5, 5.41) is 15.4. The van der Waals surface area contributed by atoms with Crippen molar-refractivity contribution in [2.75, 3.05) is 0 Å². The standard InChI is InChI=1S/C12H13NO3S/c1-7-5-17-6-10(7)11(14)13-9-3-2-8(4-9)12(15)16/h2-3,5-6,8-9H,4H2,1H3,(H,13,14)(H,15,16). The smallest absolute Gasteiger partial charge is 0.310 e. The second kappa shape index (κ2) is 4.71. The Kier molecular flexibility index (Phi) is 3.28. The van der Waals surface area contributed by atoms with Crippen molar-refractivity contribution < 1.29 is 14.7 Å². The second-order valence-corrected chi connectivity index (χ2v) is 4.86. The van der Waals surface area contributed by atoms with Crippen LogP contribution in [0, 0.1) is 12.8 Å². The SMILES string of the molecule is Cc1cscc1C(=O)NC1C=CC(C(=O)O)C1. The monoisotopic (exact) mass is 251 g/mol. The van der Waals surface area contributed by atoms with Crippen LogP contribution < -0.4 is 5.32 Å². The maximum Gasteiger partial charge on any atom is 0.310 e. The van der Waals surface area contributed by atoms with E-state index in [9.17, 15) is 9.59 Å². The van der Waals surface area contributed by atoms with Crippen LogP contribution in [0.15, 0.2) is 22.9 Å². The number of carboxylic acid groups (broad SMARTS) is 1. The highest BCUT2D eigenvalue weighted by Crippen LogP contribution is 2.19. The molecule has 90 valence electrons. The Balaban J connectivity index is 1.96. The molecule has 0 aromatic carbocycles. The topological polar surface area (TPSA) is 66.4 Å². The lowest BCUT2D eigenvalue weighted by Gasteiger charge is -2.11. The van der Waals surface area contributed by atoms with Crippen LogP contribution in [-0.4, -0.2) is 23.0 Å². The molecule has 2 N–H and O–H groups in total. The Bertz CT molecular complexity index is 478.